The van der Waals surface area contributed by atoms with Gasteiger partial charge in [-0.15, -0.1) is 0 Å². The molecule has 5 nitrogen and oxygen atoms in total. The van der Waals surface area contributed by atoms with Gasteiger partial charge in [0.1, 0.15) is 11.6 Å². The molecule has 0 spiro atoms. The number of imidazole rings is 1. The molecule has 3 rings (SSSR count). The molecule has 0 aromatic carbocycles. The van der Waals surface area contributed by atoms with E-state index in [2.05, 4.69) is 14.9 Å². The number of hydrogen-bond donors (Lipinski definition) is 1. The first-order valence-electron chi connectivity index (χ1n) is 6.51. The average molecular weight is 259 g/mol. The SMILES string of the molecule is Cc1cn2c(n1)CC[C@H](NC(=O)c1ccoc1C)C2. The molecule has 0 saturated heterocycles. The van der Waals surface area contributed by atoms with Crippen LogP contribution >= 0.6 is 0 Å². The summed E-state index contributed by atoms with van der Waals surface area (Å²) in [5.74, 6) is 1.71. The number of carbonyl (C=O) groups is 1. The number of rotatable bonds is 2. The van der Waals surface area contributed by atoms with Gasteiger partial charge >= 0.3 is 0 Å². The maximum absolute atomic E-state index is 12.1. The third kappa shape index (κ3) is 2.28. The molecular formula is C14H17N3O2. The van der Waals surface area contributed by atoms with E-state index in [0.29, 0.717) is 11.3 Å². The molecule has 1 N–H and O–H groups in total. The molecule has 100 valence electrons. The number of nitrogens with one attached hydrogen (secondary N) is 1. The van der Waals surface area contributed by atoms with Gasteiger partial charge in [0.05, 0.1) is 17.5 Å². The van der Waals surface area contributed by atoms with E-state index in [1.54, 1.807) is 19.3 Å². The Kier molecular flexibility index (Phi) is 2.89. The van der Waals surface area contributed by atoms with Crippen molar-refractivity contribution in [3.05, 3.63) is 41.4 Å². The lowest BCUT2D eigenvalue weighted by molar-refractivity contribution is 0.0926. The van der Waals surface area contributed by atoms with Crippen molar-refractivity contribution in [2.75, 3.05) is 0 Å². The fourth-order valence-electron chi connectivity index (χ4n) is 2.59. The van der Waals surface area contributed by atoms with Crippen molar-refractivity contribution in [2.24, 2.45) is 0 Å². The molecule has 0 bridgehead atoms. The monoisotopic (exact) mass is 259 g/mol. The van der Waals surface area contributed by atoms with Crippen LogP contribution in [-0.4, -0.2) is 21.5 Å². The van der Waals surface area contributed by atoms with Crippen molar-refractivity contribution < 1.29 is 9.21 Å². The lowest BCUT2D eigenvalue weighted by Gasteiger charge is -2.24. The first kappa shape index (κ1) is 12.0. The van der Waals surface area contributed by atoms with Crippen LogP contribution in [0.3, 0.4) is 0 Å². The third-order valence-corrected chi connectivity index (χ3v) is 3.55. The van der Waals surface area contributed by atoms with Gasteiger partial charge in [-0.1, -0.05) is 0 Å². The number of hydrogen-bond acceptors (Lipinski definition) is 3. The molecule has 0 fully saturated rings. The Morgan fingerprint density at radius 1 is 1.53 bits per heavy atom. The number of furan rings is 1. The number of nitrogens with zero attached hydrogens (tertiary/aromatic N) is 2. The molecule has 0 radical (unpaired) electrons. The minimum Gasteiger partial charge on any atom is -0.469 e. The summed E-state index contributed by atoms with van der Waals surface area (Å²) in [5, 5.41) is 3.06. The Morgan fingerprint density at radius 2 is 2.37 bits per heavy atom. The van der Waals surface area contributed by atoms with Crippen molar-refractivity contribution in [2.45, 2.75) is 39.3 Å². The molecule has 0 aliphatic carbocycles. The second kappa shape index (κ2) is 4.57. The molecule has 3 heterocycles. The molecule has 2 aromatic heterocycles. The van der Waals surface area contributed by atoms with Gasteiger partial charge in [0, 0.05) is 25.2 Å². The van der Waals surface area contributed by atoms with E-state index in [4.69, 9.17) is 4.42 Å². The van der Waals surface area contributed by atoms with Gasteiger partial charge in [-0.2, -0.15) is 0 Å². The van der Waals surface area contributed by atoms with E-state index in [0.717, 1.165) is 30.9 Å². The van der Waals surface area contributed by atoms with Gasteiger partial charge in [-0.3, -0.25) is 4.79 Å². The van der Waals surface area contributed by atoms with E-state index in [1.807, 2.05) is 13.1 Å². The van der Waals surface area contributed by atoms with E-state index < -0.39 is 0 Å². The fraction of sp³-hybridized carbons (Fsp3) is 0.429. The first-order chi connectivity index (χ1) is 9.13. The lowest BCUT2D eigenvalue weighted by Crippen LogP contribution is -2.40. The minimum atomic E-state index is -0.0588. The van der Waals surface area contributed by atoms with Crippen LogP contribution in [0.4, 0.5) is 0 Å². The van der Waals surface area contributed by atoms with Gasteiger partial charge in [0.2, 0.25) is 0 Å². The van der Waals surface area contributed by atoms with Crippen LogP contribution in [0, 0.1) is 13.8 Å². The van der Waals surface area contributed by atoms with Crippen LogP contribution in [0.1, 0.15) is 34.1 Å². The van der Waals surface area contributed by atoms with Crippen molar-refractivity contribution in [3.8, 4) is 0 Å². The highest BCUT2D eigenvalue weighted by atomic mass is 16.3. The summed E-state index contributed by atoms with van der Waals surface area (Å²) in [6, 6.07) is 1.86. The van der Waals surface area contributed by atoms with E-state index >= 15 is 0 Å². The molecule has 1 aliphatic rings. The van der Waals surface area contributed by atoms with Crippen LogP contribution < -0.4 is 5.32 Å². The number of aromatic nitrogens is 2. The maximum Gasteiger partial charge on any atom is 0.255 e. The Labute approximate surface area is 111 Å². The molecule has 5 heteroatoms. The van der Waals surface area contributed by atoms with Gasteiger partial charge < -0.3 is 14.3 Å². The molecule has 1 amide bonds. The van der Waals surface area contributed by atoms with Gasteiger partial charge in [0.25, 0.3) is 5.91 Å². The summed E-state index contributed by atoms with van der Waals surface area (Å²) in [6.45, 7) is 4.58. The summed E-state index contributed by atoms with van der Waals surface area (Å²) < 4.78 is 7.29. The normalized spacial score (nSPS) is 18.1. The van der Waals surface area contributed by atoms with Crippen molar-refractivity contribution in [1.82, 2.24) is 14.9 Å². The molecule has 0 saturated carbocycles. The second-order valence-electron chi connectivity index (χ2n) is 5.05. The van der Waals surface area contributed by atoms with Gasteiger partial charge in [0.15, 0.2) is 0 Å². The Bertz CT molecular complexity index is 612. The predicted molar refractivity (Wildman–Crippen MR) is 70.0 cm³/mol. The lowest BCUT2D eigenvalue weighted by atomic mass is 10.1. The quantitative estimate of drug-likeness (QED) is 0.895. The summed E-state index contributed by atoms with van der Waals surface area (Å²) in [5.41, 5.74) is 1.65. The standard InChI is InChI=1S/C14H17N3O2/c1-9-7-17-8-11(3-4-13(17)15-9)16-14(18)12-5-6-19-10(12)2/h5-7,11H,3-4,8H2,1-2H3,(H,16,18)/t11-/m0/s1. The number of amides is 1. The van der Waals surface area contributed by atoms with Crippen LogP contribution in [-0.2, 0) is 13.0 Å². The molecular weight excluding hydrogens is 242 g/mol. The predicted octanol–water partition coefficient (Wildman–Crippen LogP) is 1.84. The Morgan fingerprint density at radius 3 is 3.11 bits per heavy atom. The highest BCUT2D eigenvalue weighted by Gasteiger charge is 2.22. The smallest absolute Gasteiger partial charge is 0.255 e. The summed E-state index contributed by atoms with van der Waals surface area (Å²) >= 11 is 0. The fourth-order valence-corrected chi connectivity index (χ4v) is 2.59. The van der Waals surface area contributed by atoms with Crippen molar-refractivity contribution in [3.63, 3.8) is 0 Å². The average Bonchev–Trinajstić information content (AvgIpc) is 2.93. The minimum absolute atomic E-state index is 0.0588. The summed E-state index contributed by atoms with van der Waals surface area (Å²) in [6.07, 6.45) is 5.42. The van der Waals surface area contributed by atoms with Crippen LogP contribution in [0.25, 0.3) is 0 Å². The number of aryl methyl sites for hydroxylation is 3. The topological polar surface area (TPSA) is 60.1 Å². The maximum atomic E-state index is 12.1. The zero-order valence-corrected chi connectivity index (χ0v) is 11.1. The summed E-state index contributed by atoms with van der Waals surface area (Å²) in [4.78, 5) is 16.6. The highest BCUT2D eigenvalue weighted by Crippen LogP contribution is 2.16. The van der Waals surface area contributed by atoms with Crippen LogP contribution in [0.5, 0.6) is 0 Å². The Hall–Kier alpha value is -2.04. The highest BCUT2D eigenvalue weighted by molar-refractivity contribution is 5.95. The Balaban J connectivity index is 1.69. The van der Waals surface area contributed by atoms with Crippen molar-refractivity contribution >= 4 is 5.91 Å². The van der Waals surface area contributed by atoms with Crippen LogP contribution in [0.2, 0.25) is 0 Å². The third-order valence-electron chi connectivity index (χ3n) is 3.55. The van der Waals surface area contributed by atoms with Crippen molar-refractivity contribution in [1.29, 1.82) is 0 Å². The van der Waals surface area contributed by atoms with E-state index in [9.17, 15) is 4.79 Å². The number of carbonyl (C=O) groups excluding carboxylic acids is 1. The van der Waals surface area contributed by atoms with E-state index in [1.165, 1.54) is 0 Å². The largest absolute Gasteiger partial charge is 0.469 e. The molecule has 1 atom stereocenters. The van der Waals surface area contributed by atoms with Gasteiger partial charge in [-0.05, 0) is 26.3 Å². The van der Waals surface area contributed by atoms with Crippen LogP contribution in [0.15, 0.2) is 22.9 Å². The molecule has 0 unspecified atom stereocenters. The molecule has 2 aromatic rings. The zero-order valence-electron chi connectivity index (χ0n) is 11.1. The van der Waals surface area contributed by atoms with E-state index in [-0.39, 0.29) is 11.9 Å². The zero-order chi connectivity index (χ0) is 13.4. The number of fused-ring (bicyclic) bond motifs is 1. The summed E-state index contributed by atoms with van der Waals surface area (Å²) in [7, 11) is 0. The molecule has 1 aliphatic heterocycles. The first-order valence-corrected chi connectivity index (χ1v) is 6.51. The second-order valence-corrected chi connectivity index (χ2v) is 5.05. The van der Waals surface area contributed by atoms with Gasteiger partial charge in [-0.25, -0.2) is 4.98 Å². The molecule has 19 heavy (non-hydrogen) atoms.